The second-order valence-electron chi connectivity index (χ2n) is 8.17. The smallest absolute Gasteiger partial charge is 0.421 e. The number of hydrogen-bond donors (Lipinski definition) is 0. The van der Waals surface area contributed by atoms with Gasteiger partial charge in [-0.15, -0.1) is 0 Å². The molecule has 0 N–H and O–H groups in total. The second kappa shape index (κ2) is 10.3. The summed E-state index contributed by atoms with van der Waals surface area (Å²) < 4.78 is 52.4. The Morgan fingerprint density at radius 2 is 1.42 bits per heavy atom. The minimum Gasteiger partial charge on any atom is -0.493 e. The van der Waals surface area contributed by atoms with Gasteiger partial charge in [0, 0.05) is 5.56 Å². The largest absolute Gasteiger partial charge is 0.493 e. The number of halogens is 3. The number of fused-ring (bicyclic) bond motifs is 1. The molecule has 0 radical (unpaired) electrons. The van der Waals surface area contributed by atoms with Crippen molar-refractivity contribution in [1.82, 2.24) is 9.78 Å². The molecule has 36 heavy (non-hydrogen) atoms. The third-order valence-corrected chi connectivity index (χ3v) is 6.00. The lowest BCUT2D eigenvalue weighted by Gasteiger charge is -2.20. The van der Waals surface area contributed by atoms with Crippen LogP contribution < -0.4 is 15.0 Å². The Bertz CT molecular complexity index is 1380. The third kappa shape index (κ3) is 4.98. The summed E-state index contributed by atoms with van der Waals surface area (Å²) in [5.41, 5.74) is 1.49. The van der Waals surface area contributed by atoms with Crippen molar-refractivity contribution in [3.8, 4) is 33.9 Å². The number of benzene rings is 3. The van der Waals surface area contributed by atoms with Crippen molar-refractivity contribution in [2.24, 2.45) is 0 Å². The summed E-state index contributed by atoms with van der Waals surface area (Å²) >= 11 is 0. The molecule has 0 spiro atoms. The van der Waals surface area contributed by atoms with Crippen LogP contribution in [-0.4, -0.2) is 24.0 Å². The van der Waals surface area contributed by atoms with E-state index in [-0.39, 0.29) is 5.69 Å². The maximum atomic E-state index is 13.7. The molecule has 186 valence electrons. The molecule has 3 aromatic rings. The van der Waals surface area contributed by atoms with Crippen LogP contribution in [0, 0.1) is 0 Å². The molecule has 1 unspecified atom stereocenters. The van der Waals surface area contributed by atoms with Crippen molar-refractivity contribution in [3.63, 3.8) is 0 Å². The minimum absolute atomic E-state index is 0.0114. The van der Waals surface area contributed by atoms with E-state index in [0.717, 1.165) is 10.7 Å². The van der Waals surface area contributed by atoms with Gasteiger partial charge in [0.05, 0.1) is 26.0 Å². The van der Waals surface area contributed by atoms with E-state index >= 15 is 0 Å². The zero-order chi connectivity index (χ0) is 25.9. The van der Waals surface area contributed by atoms with Crippen molar-refractivity contribution in [3.05, 3.63) is 100 Å². The molecule has 1 atom stereocenters. The molecule has 5 rings (SSSR count). The highest BCUT2D eigenvalue weighted by Crippen LogP contribution is 2.34. The predicted molar refractivity (Wildman–Crippen MR) is 132 cm³/mol. The first-order valence-corrected chi connectivity index (χ1v) is 11.4. The van der Waals surface area contributed by atoms with Gasteiger partial charge in [0.1, 0.15) is 5.56 Å². The SMILES string of the molecule is CCC(c1ccccc1)n1nc(-c2ccc(OC)c(OC)c2)cc(C(F)(F)F)c1=O.c1cc2ccc1-2. The third-order valence-electron chi connectivity index (χ3n) is 6.00. The number of aromatic nitrogens is 2. The Hall–Kier alpha value is -4.07. The fourth-order valence-corrected chi connectivity index (χ4v) is 3.95. The van der Waals surface area contributed by atoms with Crippen LogP contribution in [-0.2, 0) is 6.18 Å². The van der Waals surface area contributed by atoms with E-state index in [0.29, 0.717) is 29.0 Å². The minimum atomic E-state index is -4.82. The topological polar surface area (TPSA) is 53.4 Å². The van der Waals surface area contributed by atoms with E-state index < -0.39 is 23.3 Å². The first-order valence-electron chi connectivity index (χ1n) is 11.4. The van der Waals surface area contributed by atoms with Gasteiger partial charge >= 0.3 is 6.18 Å². The lowest BCUT2D eigenvalue weighted by Crippen LogP contribution is -2.34. The Kier molecular flexibility index (Phi) is 7.15. The molecule has 0 bridgehead atoms. The van der Waals surface area contributed by atoms with E-state index in [1.165, 1.54) is 31.4 Å². The molecular weight excluding hydrogens is 469 g/mol. The molecule has 0 amide bonds. The number of nitrogens with zero attached hydrogens (tertiary/aromatic N) is 2. The van der Waals surface area contributed by atoms with Crippen LogP contribution in [0.25, 0.3) is 22.4 Å². The highest BCUT2D eigenvalue weighted by Gasteiger charge is 2.36. The number of hydrogen-bond acceptors (Lipinski definition) is 4. The summed E-state index contributed by atoms with van der Waals surface area (Å²) in [5.74, 6) is 0.777. The van der Waals surface area contributed by atoms with Crippen LogP contribution in [0.4, 0.5) is 13.2 Å². The van der Waals surface area contributed by atoms with Gasteiger partial charge in [-0.1, -0.05) is 61.5 Å². The van der Waals surface area contributed by atoms with Gasteiger partial charge in [-0.25, -0.2) is 4.68 Å². The molecule has 2 aliphatic carbocycles. The summed E-state index contributed by atoms with van der Waals surface area (Å²) in [5, 5.41) is 4.30. The van der Waals surface area contributed by atoms with E-state index in [1.54, 1.807) is 49.4 Å². The fourth-order valence-electron chi connectivity index (χ4n) is 3.95. The number of rotatable bonds is 6. The number of ether oxygens (including phenoxy) is 2. The summed E-state index contributed by atoms with van der Waals surface area (Å²) in [4.78, 5) is 12.7. The zero-order valence-corrected chi connectivity index (χ0v) is 20.0. The van der Waals surface area contributed by atoms with Crippen molar-refractivity contribution >= 4 is 0 Å². The Morgan fingerprint density at radius 1 is 0.833 bits per heavy atom. The Balaban J connectivity index is 0.000000434. The molecule has 1 heterocycles. The quantitative estimate of drug-likeness (QED) is 0.266. The lowest BCUT2D eigenvalue weighted by atomic mass is 9.95. The van der Waals surface area contributed by atoms with Gasteiger partial charge in [-0.2, -0.15) is 18.3 Å². The van der Waals surface area contributed by atoms with Gasteiger partial charge in [0.2, 0.25) is 0 Å². The standard InChI is InChI=1S/C22H21F3N2O3.C6H4/c1-4-18(14-8-6-5-7-9-14)27-21(28)16(22(23,24)25)13-17(26-27)15-10-11-19(29-2)20(12-15)30-3;1-2-6-4-3-5(1)6/h5-13,18H,4H2,1-3H3;1-4H. The van der Waals surface area contributed by atoms with Crippen molar-refractivity contribution in [1.29, 1.82) is 0 Å². The van der Waals surface area contributed by atoms with Crippen molar-refractivity contribution in [2.45, 2.75) is 25.6 Å². The highest BCUT2D eigenvalue weighted by atomic mass is 19.4. The molecule has 5 nitrogen and oxygen atoms in total. The summed E-state index contributed by atoms with van der Waals surface area (Å²) in [6.45, 7) is 1.79. The van der Waals surface area contributed by atoms with Crippen LogP contribution >= 0.6 is 0 Å². The van der Waals surface area contributed by atoms with Crippen LogP contribution in [0.5, 0.6) is 11.5 Å². The summed E-state index contributed by atoms with van der Waals surface area (Å²) in [6, 6.07) is 22.2. The van der Waals surface area contributed by atoms with Crippen molar-refractivity contribution < 1.29 is 22.6 Å². The molecule has 2 aliphatic rings. The molecular formula is C28H25F3N2O3. The van der Waals surface area contributed by atoms with Gasteiger partial charge in [0.25, 0.3) is 5.56 Å². The molecule has 0 fully saturated rings. The van der Waals surface area contributed by atoms with Crippen LogP contribution in [0.1, 0.15) is 30.5 Å². The number of alkyl halides is 3. The van der Waals surface area contributed by atoms with Gasteiger partial charge in [0.15, 0.2) is 11.5 Å². The molecule has 0 saturated heterocycles. The van der Waals surface area contributed by atoms with E-state index in [9.17, 15) is 18.0 Å². The highest BCUT2D eigenvalue weighted by molar-refractivity contribution is 5.75. The first-order chi connectivity index (χ1) is 17.3. The summed E-state index contributed by atoms with van der Waals surface area (Å²) in [7, 11) is 2.89. The van der Waals surface area contributed by atoms with E-state index in [1.807, 2.05) is 0 Å². The van der Waals surface area contributed by atoms with E-state index in [4.69, 9.17) is 9.47 Å². The molecule has 0 aliphatic heterocycles. The second-order valence-corrected chi connectivity index (χ2v) is 8.17. The maximum Gasteiger partial charge on any atom is 0.421 e. The first kappa shape index (κ1) is 25.0. The summed E-state index contributed by atoms with van der Waals surface area (Å²) in [6.07, 6.45) is -4.42. The normalized spacial score (nSPS) is 12.3. The predicted octanol–water partition coefficient (Wildman–Crippen LogP) is 6.61. The van der Waals surface area contributed by atoms with Gasteiger partial charge < -0.3 is 9.47 Å². The van der Waals surface area contributed by atoms with E-state index in [2.05, 4.69) is 29.4 Å². The Morgan fingerprint density at radius 3 is 1.89 bits per heavy atom. The zero-order valence-electron chi connectivity index (χ0n) is 20.0. The average Bonchev–Trinajstić information content (AvgIpc) is 2.87. The molecule has 1 aromatic heterocycles. The molecule has 8 heteroatoms. The maximum absolute atomic E-state index is 13.7. The molecule has 2 aromatic carbocycles. The average molecular weight is 495 g/mol. The van der Waals surface area contributed by atoms with Crippen LogP contribution in [0.3, 0.4) is 0 Å². The van der Waals surface area contributed by atoms with Crippen LogP contribution in [0.15, 0.2) is 83.7 Å². The lowest BCUT2D eigenvalue weighted by molar-refractivity contribution is -0.139. The van der Waals surface area contributed by atoms with Crippen LogP contribution in [0.2, 0.25) is 0 Å². The fraction of sp³-hybridized carbons (Fsp3) is 0.214. The van der Waals surface area contributed by atoms with Gasteiger partial charge in [-0.3, -0.25) is 4.79 Å². The Labute approximate surface area is 206 Å². The van der Waals surface area contributed by atoms with Crippen molar-refractivity contribution in [2.75, 3.05) is 14.2 Å². The molecule has 0 saturated carbocycles. The number of methoxy groups -OCH3 is 2. The monoisotopic (exact) mass is 494 g/mol. The van der Waals surface area contributed by atoms with Gasteiger partial charge in [-0.05, 0) is 47.4 Å².